The molecule has 0 radical (unpaired) electrons. The lowest BCUT2D eigenvalue weighted by molar-refractivity contribution is 0.574. The minimum atomic E-state index is -3.19. The summed E-state index contributed by atoms with van der Waals surface area (Å²) in [5.74, 6) is 0.178. The molecule has 0 aromatic carbocycles. The standard InChI is InChI=1S/C12H24N4O2S/c1-4-13-7-5-6-8-19(17,18)14-9-12-10-16(3)15-11(12)2/h10,13-14H,4-9H2,1-3H3. The van der Waals surface area contributed by atoms with Crippen LogP contribution in [0.3, 0.4) is 0 Å². The molecule has 0 saturated carbocycles. The van der Waals surface area contributed by atoms with Gasteiger partial charge in [-0.1, -0.05) is 6.92 Å². The fourth-order valence-electron chi connectivity index (χ4n) is 1.80. The maximum Gasteiger partial charge on any atom is 0.211 e. The molecule has 0 amide bonds. The smallest absolute Gasteiger partial charge is 0.211 e. The van der Waals surface area contributed by atoms with E-state index in [1.54, 1.807) is 4.68 Å². The third-order valence-electron chi connectivity index (χ3n) is 2.86. The Morgan fingerprint density at radius 1 is 1.37 bits per heavy atom. The summed E-state index contributed by atoms with van der Waals surface area (Å²) < 4.78 is 27.9. The minimum absolute atomic E-state index is 0.178. The van der Waals surface area contributed by atoms with E-state index in [4.69, 9.17) is 0 Å². The number of aromatic nitrogens is 2. The molecule has 19 heavy (non-hydrogen) atoms. The fourth-order valence-corrected chi connectivity index (χ4v) is 2.90. The summed E-state index contributed by atoms with van der Waals surface area (Å²) in [4.78, 5) is 0. The van der Waals surface area contributed by atoms with Gasteiger partial charge in [0, 0.05) is 25.4 Å². The highest BCUT2D eigenvalue weighted by Gasteiger charge is 2.11. The van der Waals surface area contributed by atoms with Crippen molar-refractivity contribution in [2.45, 2.75) is 33.2 Å². The summed E-state index contributed by atoms with van der Waals surface area (Å²) >= 11 is 0. The monoisotopic (exact) mass is 288 g/mol. The predicted molar refractivity (Wildman–Crippen MR) is 76.3 cm³/mol. The Balaban J connectivity index is 2.32. The van der Waals surface area contributed by atoms with Crippen LogP contribution in [0.4, 0.5) is 0 Å². The van der Waals surface area contributed by atoms with E-state index in [1.165, 1.54) is 0 Å². The van der Waals surface area contributed by atoms with Crippen molar-refractivity contribution in [2.75, 3.05) is 18.8 Å². The van der Waals surface area contributed by atoms with Gasteiger partial charge >= 0.3 is 0 Å². The van der Waals surface area contributed by atoms with Gasteiger partial charge in [-0.05, 0) is 32.9 Å². The number of rotatable bonds is 9. The highest BCUT2D eigenvalue weighted by atomic mass is 32.2. The van der Waals surface area contributed by atoms with E-state index in [1.807, 2.05) is 27.1 Å². The van der Waals surface area contributed by atoms with Crippen molar-refractivity contribution < 1.29 is 8.42 Å². The Bertz CT molecular complexity index is 482. The van der Waals surface area contributed by atoms with Crippen molar-refractivity contribution in [3.63, 3.8) is 0 Å². The molecule has 110 valence electrons. The van der Waals surface area contributed by atoms with Crippen LogP contribution in [-0.2, 0) is 23.6 Å². The molecule has 0 saturated heterocycles. The molecule has 0 fully saturated rings. The van der Waals surface area contributed by atoms with Crippen LogP contribution in [0.5, 0.6) is 0 Å². The lowest BCUT2D eigenvalue weighted by Crippen LogP contribution is -2.26. The quantitative estimate of drug-likeness (QED) is 0.650. The average molecular weight is 288 g/mol. The molecule has 0 spiro atoms. The first kappa shape index (κ1) is 16.1. The Morgan fingerprint density at radius 3 is 2.68 bits per heavy atom. The Hall–Kier alpha value is -0.920. The maximum atomic E-state index is 11.8. The van der Waals surface area contributed by atoms with E-state index in [0.29, 0.717) is 13.0 Å². The number of aryl methyl sites for hydroxylation is 2. The molecule has 0 aliphatic carbocycles. The second kappa shape index (κ2) is 7.62. The van der Waals surface area contributed by atoms with E-state index in [2.05, 4.69) is 15.1 Å². The highest BCUT2D eigenvalue weighted by Crippen LogP contribution is 2.05. The van der Waals surface area contributed by atoms with Gasteiger partial charge in [0.05, 0.1) is 11.4 Å². The lowest BCUT2D eigenvalue weighted by atomic mass is 10.3. The Morgan fingerprint density at radius 2 is 2.11 bits per heavy atom. The van der Waals surface area contributed by atoms with Crippen molar-refractivity contribution >= 4 is 10.0 Å². The van der Waals surface area contributed by atoms with Crippen molar-refractivity contribution in [2.24, 2.45) is 7.05 Å². The van der Waals surface area contributed by atoms with Gasteiger partial charge in [-0.15, -0.1) is 0 Å². The molecule has 0 bridgehead atoms. The molecular formula is C12H24N4O2S. The van der Waals surface area contributed by atoms with E-state index in [-0.39, 0.29) is 5.75 Å². The zero-order chi connectivity index (χ0) is 14.3. The van der Waals surface area contributed by atoms with Gasteiger partial charge in [-0.2, -0.15) is 5.10 Å². The third-order valence-corrected chi connectivity index (χ3v) is 4.27. The Labute approximate surface area is 115 Å². The third kappa shape index (κ3) is 6.17. The molecule has 2 N–H and O–H groups in total. The molecule has 1 aromatic rings. The van der Waals surface area contributed by atoms with Crippen LogP contribution in [0.2, 0.25) is 0 Å². The summed E-state index contributed by atoms with van der Waals surface area (Å²) in [7, 11) is -1.36. The van der Waals surface area contributed by atoms with Crippen LogP contribution >= 0.6 is 0 Å². The first-order chi connectivity index (χ1) is 8.94. The fraction of sp³-hybridized carbons (Fsp3) is 0.750. The maximum absolute atomic E-state index is 11.8. The summed E-state index contributed by atoms with van der Waals surface area (Å²) in [5, 5.41) is 7.36. The van der Waals surface area contributed by atoms with Crippen LogP contribution in [0, 0.1) is 6.92 Å². The molecule has 1 heterocycles. The molecule has 1 aromatic heterocycles. The second-order valence-electron chi connectivity index (χ2n) is 4.61. The van der Waals surface area contributed by atoms with Crippen LogP contribution in [0.25, 0.3) is 0 Å². The molecule has 0 aliphatic rings. The number of nitrogens with one attached hydrogen (secondary N) is 2. The molecule has 1 rings (SSSR count). The van der Waals surface area contributed by atoms with E-state index < -0.39 is 10.0 Å². The molecule has 7 heteroatoms. The first-order valence-corrected chi connectivity index (χ1v) is 8.27. The van der Waals surface area contributed by atoms with E-state index in [9.17, 15) is 8.42 Å². The van der Waals surface area contributed by atoms with Gasteiger partial charge < -0.3 is 5.32 Å². The van der Waals surface area contributed by atoms with E-state index in [0.717, 1.165) is 30.8 Å². The van der Waals surface area contributed by atoms with Crippen LogP contribution in [-0.4, -0.2) is 37.0 Å². The summed E-state index contributed by atoms with van der Waals surface area (Å²) in [5.41, 5.74) is 1.77. The summed E-state index contributed by atoms with van der Waals surface area (Å²) in [6, 6.07) is 0. The zero-order valence-electron chi connectivity index (χ0n) is 11.9. The summed E-state index contributed by atoms with van der Waals surface area (Å²) in [6.45, 7) is 6.02. The van der Waals surface area contributed by atoms with Gasteiger partial charge in [-0.3, -0.25) is 4.68 Å². The lowest BCUT2D eigenvalue weighted by Gasteiger charge is -2.06. The summed E-state index contributed by atoms with van der Waals surface area (Å²) in [6.07, 6.45) is 3.39. The minimum Gasteiger partial charge on any atom is -0.317 e. The number of nitrogens with zero attached hydrogens (tertiary/aromatic N) is 2. The zero-order valence-corrected chi connectivity index (χ0v) is 12.8. The van der Waals surface area contributed by atoms with Crippen molar-refractivity contribution in [1.29, 1.82) is 0 Å². The average Bonchev–Trinajstić information content (AvgIpc) is 2.65. The van der Waals surface area contributed by atoms with Gasteiger partial charge in [0.2, 0.25) is 10.0 Å². The van der Waals surface area contributed by atoms with E-state index >= 15 is 0 Å². The molecule has 0 unspecified atom stereocenters. The van der Waals surface area contributed by atoms with Crippen molar-refractivity contribution in [3.8, 4) is 0 Å². The number of hydrogen-bond donors (Lipinski definition) is 2. The molecule has 6 nitrogen and oxygen atoms in total. The molecular weight excluding hydrogens is 264 g/mol. The van der Waals surface area contributed by atoms with Crippen molar-refractivity contribution in [1.82, 2.24) is 19.8 Å². The van der Waals surface area contributed by atoms with Crippen LogP contribution in [0.15, 0.2) is 6.20 Å². The van der Waals surface area contributed by atoms with Crippen LogP contribution in [0.1, 0.15) is 31.0 Å². The molecule has 0 aliphatic heterocycles. The van der Waals surface area contributed by atoms with Crippen LogP contribution < -0.4 is 10.0 Å². The normalized spacial score (nSPS) is 11.9. The SMILES string of the molecule is CCNCCCCS(=O)(=O)NCc1cn(C)nc1C. The second-order valence-corrected chi connectivity index (χ2v) is 6.54. The number of sulfonamides is 1. The van der Waals surface area contributed by atoms with Gasteiger partial charge in [0.15, 0.2) is 0 Å². The van der Waals surface area contributed by atoms with Gasteiger partial charge in [-0.25, -0.2) is 13.1 Å². The number of unbranched alkanes of at least 4 members (excludes halogenated alkanes) is 1. The highest BCUT2D eigenvalue weighted by molar-refractivity contribution is 7.89. The van der Waals surface area contributed by atoms with Crippen molar-refractivity contribution in [3.05, 3.63) is 17.5 Å². The number of hydrogen-bond acceptors (Lipinski definition) is 4. The molecule has 0 atom stereocenters. The predicted octanol–water partition coefficient (Wildman–Crippen LogP) is 0.538. The van der Waals surface area contributed by atoms with Gasteiger partial charge in [0.1, 0.15) is 0 Å². The topological polar surface area (TPSA) is 76.0 Å². The first-order valence-electron chi connectivity index (χ1n) is 6.62. The Kier molecular flexibility index (Phi) is 6.47. The largest absolute Gasteiger partial charge is 0.317 e. The van der Waals surface area contributed by atoms with Gasteiger partial charge in [0.25, 0.3) is 0 Å².